The molecule has 10 nitrogen and oxygen atoms in total. The van der Waals surface area contributed by atoms with E-state index in [1.165, 1.54) is 12.1 Å². The summed E-state index contributed by atoms with van der Waals surface area (Å²) in [5.74, 6) is -1.46. The number of carbonyl (C=O) groups is 3. The lowest BCUT2D eigenvalue weighted by Gasteiger charge is -2.07. The summed E-state index contributed by atoms with van der Waals surface area (Å²) < 4.78 is 19.8. The zero-order valence-corrected chi connectivity index (χ0v) is 14.5. The monoisotopic (exact) mass is 387 g/mol. The molecular weight excluding hydrogens is 374 g/mol. The third kappa shape index (κ3) is 3.90. The van der Waals surface area contributed by atoms with E-state index in [-0.39, 0.29) is 23.5 Å². The predicted molar refractivity (Wildman–Crippen MR) is 91.6 cm³/mol. The molecule has 2 aromatic carbocycles. The Hall–Kier alpha value is -3.95. The van der Waals surface area contributed by atoms with Crippen LogP contribution in [0.25, 0.3) is 0 Å². The third-order valence-corrected chi connectivity index (χ3v) is 3.81. The molecule has 0 aromatic heterocycles. The number of nitrogens with zero attached hydrogens (tertiary/aromatic N) is 1. The number of methoxy groups -OCH3 is 1. The quantitative estimate of drug-likeness (QED) is 0.316. The van der Waals surface area contributed by atoms with Gasteiger partial charge in [-0.15, -0.1) is 0 Å². The number of rotatable bonds is 6. The van der Waals surface area contributed by atoms with Crippen LogP contribution in [-0.2, 0) is 9.47 Å². The van der Waals surface area contributed by atoms with Gasteiger partial charge < -0.3 is 18.9 Å². The first kappa shape index (κ1) is 18.8. The number of Topliss-reactive ketones (excluding diaryl/α,β-unsaturated/α-hetero) is 1. The molecule has 0 spiro atoms. The van der Waals surface area contributed by atoms with Gasteiger partial charge in [-0.25, -0.2) is 9.59 Å². The number of hydrogen-bond donors (Lipinski definition) is 0. The van der Waals surface area contributed by atoms with Crippen molar-refractivity contribution in [3.63, 3.8) is 0 Å². The van der Waals surface area contributed by atoms with Gasteiger partial charge >= 0.3 is 11.9 Å². The Morgan fingerprint density at radius 1 is 1.00 bits per heavy atom. The number of benzene rings is 2. The van der Waals surface area contributed by atoms with E-state index in [2.05, 4.69) is 4.74 Å². The van der Waals surface area contributed by atoms with Crippen LogP contribution in [0, 0.1) is 10.1 Å². The fraction of sp³-hybridized carbons (Fsp3) is 0.167. The summed E-state index contributed by atoms with van der Waals surface area (Å²) in [4.78, 5) is 46.3. The molecule has 144 valence electrons. The minimum atomic E-state index is -0.997. The molecule has 3 rings (SSSR count). The largest absolute Gasteiger partial charge is 0.465 e. The number of ketones is 1. The van der Waals surface area contributed by atoms with Crippen molar-refractivity contribution in [1.29, 1.82) is 0 Å². The van der Waals surface area contributed by atoms with Gasteiger partial charge in [-0.3, -0.25) is 14.9 Å². The standard InChI is InChI=1S/C18H13NO9/c1-25-17(21)11-4-12(6-13(5-11)19(23)24)18(22)26-8-14(20)10-2-3-15-16(7-10)28-9-27-15/h2-7H,8-9H2,1H3. The van der Waals surface area contributed by atoms with Crippen LogP contribution in [-0.4, -0.2) is 43.2 Å². The van der Waals surface area contributed by atoms with Crippen molar-refractivity contribution < 1.29 is 38.3 Å². The summed E-state index contributed by atoms with van der Waals surface area (Å²) in [6.07, 6.45) is 0. The summed E-state index contributed by atoms with van der Waals surface area (Å²) in [6, 6.07) is 7.51. The summed E-state index contributed by atoms with van der Waals surface area (Å²) in [5.41, 5.74) is -0.692. The normalized spacial score (nSPS) is 11.6. The van der Waals surface area contributed by atoms with Gasteiger partial charge in [0.1, 0.15) is 0 Å². The van der Waals surface area contributed by atoms with Gasteiger partial charge in [-0.2, -0.15) is 0 Å². The summed E-state index contributed by atoms with van der Waals surface area (Å²) in [5, 5.41) is 11.0. The highest BCUT2D eigenvalue weighted by atomic mass is 16.7. The van der Waals surface area contributed by atoms with E-state index in [0.29, 0.717) is 11.5 Å². The second kappa shape index (κ2) is 7.74. The van der Waals surface area contributed by atoms with Crippen LogP contribution in [0.2, 0.25) is 0 Å². The molecule has 0 fully saturated rings. The summed E-state index contributed by atoms with van der Waals surface area (Å²) in [6.45, 7) is -0.550. The lowest BCUT2D eigenvalue weighted by molar-refractivity contribution is -0.384. The van der Waals surface area contributed by atoms with Gasteiger partial charge in [-0.1, -0.05) is 0 Å². The number of ether oxygens (including phenoxy) is 4. The topological polar surface area (TPSA) is 131 Å². The van der Waals surface area contributed by atoms with Crippen LogP contribution in [0.15, 0.2) is 36.4 Å². The van der Waals surface area contributed by atoms with Crippen molar-refractivity contribution in [3.05, 3.63) is 63.2 Å². The van der Waals surface area contributed by atoms with E-state index in [0.717, 1.165) is 25.3 Å². The molecule has 0 radical (unpaired) electrons. The van der Waals surface area contributed by atoms with Crippen LogP contribution < -0.4 is 9.47 Å². The maximum Gasteiger partial charge on any atom is 0.338 e. The Kier molecular flexibility index (Phi) is 5.21. The van der Waals surface area contributed by atoms with Gasteiger partial charge in [0.05, 0.1) is 23.2 Å². The third-order valence-electron chi connectivity index (χ3n) is 3.81. The van der Waals surface area contributed by atoms with Gasteiger partial charge in [0, 0.05) is 17.7 Å². The number of non-ortho nitro benzene ring substituents is 1. The maximum absolute atomic E-state index is 12.2. The Balaban J connectivity index is 1.73. The Morgan fingerprint density at radius 3 is 2.36 bits per heavy atom. The molecule has 0 amide bonds. The van der Waals surface area contributed by atoms with Crippen molar-refractivity contribution in [2.24, 2.45) is 0 Å². The van der Waals surface area contributed by atoms with E-state index in [9.17, 15) is 24.5 Å². The second-order valence-corrected chi connectivity index (χ2v) is 5.58. The first-order chi connectivity index (χ1) is 13.4. The lowest BCUT2D eigenvalue weighted by Crippen LogP contribution is -2.15. The van der Waals surface area contributed by atoms with Crippen molar-refractivity contribution in [2.45, 2.75) is 0 Å². The molecule has 0 N–H and O–H groups in total. The molecule has 1 aliphatic heterocycles. The Labute approximate surface area is 157 Å². The molecule has 1 heterocycles. The number of nitro groups is 1. The van der Waals surface area contributed by atoms with Gasteiger partial charge in [0.25, 0.3) is 5.69 Å². The first-order valence-corrected chi connectivity index (χ1v) is 7.87. The molecule has 0 saturated heterocycles. The molecule has 0 atom stereocenters. The fourth-order valence-corrected chi connectivity index (χ4v) is 2.44. The van der Waals surface area contributed by atoms with Crippen molar-refractivity contribution in [3.8, 4) is 11.5 Å². The van der Waals surface area contributed by atoms with Crippen molar-refractivity contribution in [2.75, 3.05) is 20.5 Å². The first-order valence-electron chi connectivity index (χ1n) is 7.87. The minimum Gasteiger partial charge on any atom is -0.465 e. The number of fused-ring (bicyclic) bond motifs is 1. The van der Waals surface area contributed by atoms with Gasteiger partial charge in [-0.05, 0) is 24.3 Å². The fourth-order valence-electron chi connectivity index (χ4n) is 2.44. The highest BCUT2D eigenvalue weighted by molar-refractivity contribution is 6.01. The molecule has 0 aliphatic carbocycles. The van der Waals surface area contributed by atoms with E-state index in [4.69, 9.17) is 14.2 Å². The molecule has 0 bridgehead atoms. The number of nitro benzene ring substituents is 1. The lowest BCUT2D eigenvalue weighted by atomic mass is 10.1. The van der Waals surface area contributed by atoms with Crippen LogP contribution in [0.4, 0.5) is 5.69 Å². The molecule has 10 heteroatoms. The van der Waals surface area contributed by atoms with E-state index in [1.807, 2.05) is 0 Å². The zero-order valence-electron chi connectivity index (χ0n) is 14.5. The average Bonchev–Trinajstić information content (AvgIpc) is 3.18. The van der Waals surface area contributed by atoms with Gasteiger partial charge in [0.15, 0.2) is 23.9 Å². The Morgan fingerprint density at radius 2 is 1.68 bits per heavy atom. The van der Waals surface area contributed by atoms with Crippen LogP contribution in [0.3, 0.4) is 0 Å². The zero-order chi connectivity index (χ0) is 20.3. The molecule has 2 aromatic rings. The Bertz CT molecular complexity index is 983. The molecular formula is C18H13NO9. The van der Waals surface area contributed by atoms with Crippen LogP contribution in [0.5, 0.6) is 11.5 Å². The van der Waals surface area contributed by atoms with Crippen LogP contribution >= 0.6 is 0 Å². The predicted octanol–water partition coefficient (Wildman–Crippen LogP) is 2.15. The highest BCUT2D eigenvalue weighted by Crippen LogP contribution is 2.32. The maximum atomic E-state index is 12.2. The molecule has 0 unspecified atom stereocenters. The van der Waals surface area contributed by atoms with E-state index in [1.54, 1.807) is 6.07 Å². The van der Waals surface area contributed by atoms with Crippen LogP contribution in [0.1, 0.15) is 31.1 Å². The van der Waals surface area contributed by atoms with Crippen molar-refractivity contribution >= 4 is 23.4 Å². The number of carbonyl (C=O) groups excluding carboxylic acids is 3. The van der Waals surface area contributed by atoms with E-state index >= 15 is 0 Å². The van der Waals surface area contributed by atoms with Crippen molar-refractivity contribution in [1.82, 2.24) is 0 Å². The number of hydrogen-bond acceptors (Lipinski definition) is 9. The molecule has 28 heavy (non-hydrogen) atoms. The average molecular weight is 387 g/mol. The van der Waals surface area contributed by atoms with Gasteiger partial charge in [0.2, 0.25) is 6.79 Å². The second-order valence-electron chi connectivity index (χ2n) is 5.58. The highest BCUT2D eigenvalue weighted by Gasteiger charge is 2.21. The SMILES string of the molecule is COC(=O)c1cc(C(=O)OCC(=O)c2ccc3c(c2)OCO3)cc([N+](=O)[O-])c1. The molecule has 0 saturated carbocycles. The smallest absolute Gasteiger partial charge is 0.338 e. The van der Waals surface area contributed by atoms with E-state index < -0.39 is 34.9 Å². The summed E-state index contributed by atoms with van der Waals surface area (Å²) in [7, 11) is 1.10. The number of esters is 2. The minimum absolute atomic E-state index is 0.0529. The molecule has 1 aliphatic rings. The summed E-state index contributed by atoms with van der Waals surface area (Å²) >= 11 is 0.